The smallest absolute Gasteiger partial charge is 0.225 e. The number of likely N-dealkylation sites (tertiary alicyclic amines) is 1. The van der Waals surface area contributed by atoms with E-state index >= 15 is 0 Å². The van der Waals surface area contributed by atoms with Crippen molar-refractivity contribution in [2.45, 2.75) is 88.8 Å². The molecular weight excluding hydrogens is 314 g/mol. The fraction of sp³-hybridized carbons (Fsp3) is 0.900. The summed E-state index contributed by atoms with van der Waals surface area (Å²) in [6.07, 6.45) is 12.5. The van der Waals surface area contributed by atoms with Crippen molar-refractivity contribution in [2.24, 2.45) is 5.92 Å². The van der Waals surface area contributed by atoms with E-state index in [1.807, 2.05) is 4.90 Å². The summed E-state index contributed by atoms with van der Waals surface area (Å²) >= 11 is 0. The molecule has 0 bridgehead atoms. The monoisotopic (exact) mass is 347 g/mol. The van der Waals surface area contributed by atoms with Gasteiger partial charge in [-0.05, 0) is 45.1 Å². The molecule has 0 radical (unpaired) electrons. The van der Waals surface area contributed by atoms with Gasteiger partial charge in [-0.3, -0.25) is 9.59 Å². The van der Waals surface area contributed by atoms with Crippen LogP contribution >= 0.6 is 0 Å². The molecule has 0 spiro atoms. The van der Waals surface area contributed by atoms with Crippen LogP contribution in [0.5, 0.6) is 0 Å². The summed E-state index contributed by atoms with van der Waals surface area (Å²) in [5.41, 5.74) is 0. The SMILES string of the molecule is O=C(NC1CCN2CCCC2C1)C1CC(=O)N(C2CCCCCC2)C1. The second-order valence-electron chi connectivity index (χ2n) is 8.65. The number of nitrogens with zero attached hydrogens (tertiary/aromatic N) is 2. The van der Waals surface area contributed by atoms with Crippen molar-refractivity contribution >= 4 is 11.8 Å². The molecule has 4 fully saturated rings. The lowest BCUT2D eigenvalue weighted by Crippen LogP contribution is -2.49. The lowest BCUT2D eigenvalue weighted by Gasteiger charge is -2.35. The van der Waals surface area contributed by atoms with E-state index in [1.165, 1.54) is 45.1 Å². The predicted octanol–water partition coefficient (Wildman–Crippen LogP) is 2.30. The second-order valence-corrected chi connectivity index (χ2v) is 8.65. The van der Waals surface area contributed by atoms with Crippen molar-refractivity contribution in [1.29, 1.82) is 0 Å². The minimum absolute atomic E-state index is 0.126. The van der Waals surface area contributed by atoms with E-state index in [9.17, 15) is 9.59 Å². The molecule has 3 saturated heterocycles. The van der Waals surface area contributed by atoms with Crippen LogP contribution < -0.4 is 5.32 Å². The Hall–Kier alpha value is -1.10. The second kappa shape index (κ2) is 7.65. The normalized spacial score (nSPS) is 34.8. The Bertz CT molecular complexity index is 501. The third-order valence-electron chi connectivity index (χ3n) is 6.96. The number of hydrogen-bond acceptors (Lipinski definition) is 3. The molecule has 3 heterocycles. The maximum Gasteiger partial charge on any atom is 0.225 e. The first kappa shape index (κ1) is 17.3. The number of carbonyl (C=O) groups excluding carboxylic acids is 2. The van der Waals surface area contributed by atoms with Gasteiger partial charge < -0.3 is 15.1 Å². The van der Waals surface area contributed by atoms with Gasteiger partial charge in [0.05, 0.1) is 5.92 Å². The number of fused-ring (bicyclic) bond motifs is 1. The van der Waals surface area contributed by atoms with Gasteiger partial charge in [-0.1, -0.05) is 25.7 Å². The average Bonchev–Trinajstić information content (AvgIpc) is 3.13. The molecule has 1 saturated carbocycles. The van der Waals surface area contributed by atoms with Gasteiger partial charge in [0.25, 0.3) is 0 Å². The van der Waals surface area contributed by atoms with E-state index in [-0.39, 0.29) is 17.7 Å². The lowest BCUT2D eigenvalue weighted by molar-refractivity contribution is -0.130. The number of nitrogens with one attached hydrogen (secondary N) is 1. The molecule has 1 aliphatic carbocycles. The molecule has 140 valence electrons. The quantitative estimate of drug-likeness (QED) is 0.797. The van der Waals surface area contributed by atoms with Gasteiger partial charge in [-0.25, -0.2) is 0 Å². The van der Waals surface area contributed by atoms with Crippen LogP contribution in [-0.2, 0) is 9.59 Å². The summed E-state index contributed by atoms with van der Waals surface area (Å²) in [5, 5.41) is 3.29. The first-order valence-corrected chi connectivity index (χ1v) is 10.5. The first-order chi connectivity index (χ1) is 12.2. The highest BCUT2D eigenvalue weighted by atomic mass is 16.2. The Morgan fingerprint density at radius 2 is 1.68 bits per heavy atom. The van der Waals surface area contributed by atoms with Crippen LogP contribution in [0.15, 0.2) is 0 Å². The highest BCUT2D eigenvalue weighted by molar-refractivity contribution is 5.89. The highest BCUT2D eigenvalue weighted by Gasteiger charge is 2.39. The van der Waals surface area contributed by atoms with Gasteiger partial charge >= 0.3 is 0 Å². The maximum atomic E-state index is 12.7. The minimum Gasteiger partial charge on any atom is -0.353 e. The van der Waals surface area contributed by atoms with E-state index in [2.05, 4.69) is 10.2 Å². The van der Waals surface area contributed by atoms with Crippen LogP contribution in [0.3, 0.4) is 0 Å². The Balaban J connectivity index is 1.29. The molecule has 4 aliphatic rings. The van der Waals surface area contributed by atoms with Crippen LogP contribution in [0.1, 0.15) is 70.6 Å². The zero-order valence-electron chi connectivity index (χ0n) is 15.4. The third-order valence-corrected chi connectivity index (χ3v) is 6.96. The summed E-state index contributed by atoms with van der Waals surface area (Å²) in [6.45, 7) is 3.00. The summed E-state index contributed by atoms with van der Waals surface area (Å²) in [5.74, 6) is 0.205. The number of amides is 2. The van der Waals surface area contributed by atoms with Crippen LogP contribution in [-0.4, -0.2) is 59.4 Å². The van der Waals surface area contributed by atoms with Crippen LogP contribution in [0, 0.1) is 5.92 Å². The molecule has 25 heavy (non-hydrogen) atoms. The predicted molar refractivity (Wildman–Crippen MR) is 97.1 cm³/mol. The molecule has 0 aromatic rings. The Morgan fingerprint density at radius 1 is 0.920 bits per heavy atom. The molecule has 3 aliphatic heterocycles. The van der Waals surface area contributed by atoms with Gasteiger partial charge in [0, 0.05) is 37.6 Å². The van der Waals surface area contributed by atoms with Crippen LogP contribution in [0.25, 0.3) is 0 Å². The molecule has 0 aromatic carbocycles. The molecular formula is C20H33N3O2. The fourth-order valence-corrected chi connectivity index (χ4v) is 5.50. The van der Waals surface area contributed by atoms with Gasteiger partial charge in [0.2, 0.25) is 11.8 Å². The van der Waals surface area contributed by atoms with E-state index in [4.69, 9.17) is 0 Å². The van der Waals surface area contributed by atoms with Crippen molar-refractivity contribution < 1.29 is 9.59 Å². The summed E-state index contributed by atoms with van der Waals surface area (Å²) in [6, 6.07) is 1.37. The van der Waals surface area contributed by atoms with Crippen molar-refractivity contribution in [1.82, 2.24) is 15.1 Å². The molecule has 5 nitrogen and oxygen atoms in total. The van der Waals surface area contributed by atoms with Gasteiger partial charge in [-0.2, -0.15) is 0 Å². The van der Waals surface area contributed by atoms with E-state index in [1.54, 1.807) is 0 Å². The molecule has 4 rings (SSSR count). The highest BCUT2D eigenvalue weighted by Crippen LogP contribution is 2.30. The Labute approximate surface area is 151 Å². The van der Waals surface area contributed by atoms with E-state index in [0.717, 1.165) is 32.2 Å². The van der Waals surface area contributed by atoms with Crippen LogP contribution in [0.2, 0.25) is 0 Å². The summed E-state index contributed by atoms with van der Waals surface area (Å²) in [7, 11) is 0. The molecule has 3 atom stereocenters. The fourth-order valence-electron chi connectivity index (χ4n) is 5.50. The molecule has 1 N–H and O–H groups in total. The maximum absolute atomic E-state index is 12.7. The molecule has 2 amide bonds. The van der Waals surface area contributed by atoms with Crippen molar-refractivity contribution in [3.05, 3.63) is 0 Å². The Morgan fingerprint density at radius 3 is 2.48 bits per heavy atom. The van der Waals surface area contributed by atoms with Crippen molar-refractivity contribution in [3.63, 3.8) is 0 Å². The zero-order valence-corrected chi connectivity index (χ0v) is 15.4. The molecule has 5 heteroatoms. The number of hydrogen-bond donors (Lipinski definition) is 1. The standard InChI is InChI=1S/C20H33N3O2/c24-19-12-15(14-23(19)17-6-3-1-2-4-7-17)20(25)21-16-9-11-22-10-5-8-18(22)13-16/h15-18H,1-14H2,(H,21,25). The largest absolute Gasteiger partial charge is 0.353 e. The van der Waals surface area contributed by atoms with Crippen LogP contribution in [0.4, 0.5) is 0 Å². The lowest BCUT2D eigenvalue weighted by atomic mass is 9.96. The van der Waals surface area contributed by atoms with Crippen molar-refractivity contribution in [3.8, 4) is 0 Å². The zero-order chi connectivity index (χ0) is 17.2. The molecule has 3 unspecified atom stereocenters. The first-order valence-electron chi connectivity index (χ1n) is 10.5. The van der Waals surface area contributed by atoms with Gasteiger partial charge in [-0.15, -0.1) is 0 Å². The summed E-state index contributed by atoms with van der Waals surface area (Å²) < 4.78 is 0. The number of carbonyl (C=O) groups is 2. The van der Waals surface area contributed by atoms with E-state index in [0.29, 0.717) is 31.1 Å². The average molecular weight is 348 g/mol. The Kier molecular flexibility index (Phi) is 5.30. The van der Waals surface area contributed by atoms with E-state index < -0.39 is 0 Å². The summed E-state index contributed by atoms with van der Waals surface area (Å²) in [4.78, 5) is 29.8. The van der Waals surface area contributed by atoms with Gasteiger partial charge in [0.15, 0.2) is 0 Å². The topological polar surface area (TPSA) is 52.7 Å². The van der Waals surface area contributed by atoms with Gasteiger partial charge in [0.1, 0.15) is 0 Å². The minimum atomic E-state index is -0.127. The van der Waals surface area contributed by atoms with Crippen molar-refractivity contribution in [2.75, 3.05) is 19.6 Å². The molecule has 0 aromatic heterocycles. The third kappa shape index (κ3) is 3.86. The number of rotatable bonds is 3. The number of piperidine rings is 1.